The summed E-state index contributed by atoms with van der Waals surface area (Å²) in [4.78, 5) is 13.0. The molecule has 1 amide bonds. The van der Waals surface area contributed by atoms with E-state index in [1.165, 1.54) is 0 Å². The number of nitrogens with two attached hydrogens (primary N) is 2. The number of anilines is 1. The minimum Gasteiger partial charge on any atom is -0.492 e. The molecule has 5 heteroatoms. The van der Waals surface area contributed by atoms with Gasteiger partial charge in [-0.15, -0.1) is 0 Å². The first-order valence-electron chi connectivity index (χ1n) is 6.46. The van der Waals surface area contributed by atoms with E-state index in [-0.39, 0.29) is 12.5 Å². The van der Waals surface area contributed by atoms with Gasteiger partial charge in [0.2, 0.25) is 5.91 Å². The van der Waals surface area contributed by atoms with Gasteiger partial charge in [0, 0.05) is 24.8 Å². The van der Waals surface area contributed by atoms with Crippen molar-refractivity contribution in [3.63, 3.8) is 0 Å². The van der Waals surface area contributed by atoms with Crippen molar-refractivity contribution in [1.82, 2.24) is 4.90 Å². The topological polar surface area (TPSA) is 81.6 Å². The highest BCUT2D eigenvalue weighted by Gasteiger charge is 2.10. The molecular formula is C14H23N3O2. The molecule has 0 radical (unpaired) electrons. The van der Waals surface area contributed by atoms with Crippen LogP contribution in [0.1, 0.15) is 13.8 Å². The molecule has 0 bridgehead atoms. The average molecular weight is 265 g/mol. The zero-order valence-corrected chi connectivity index (χ0v) is 11.6. The monoisotopic (exact) mass is 265 g/mol. The number of primary amides is 1. The summed E-state index contributed by atoms with van der Waals surface area (Å²) >= 11 is 0. The maximum Gasteiger partial charge on any atom is 0.231 e. The molecule has 1 aromatic carbocycles. The van der Waals surface area contributed by atoms with Crippen molar-refractivity contribution in [2.24, 2.45) is 11.7 Å². The number of carbonyl (C=O) groups is 1. The first-order chi connectivity index (χ1) is 8.97. The summed E-state index contributed by atoms with van der Waals surface area (Å²) in [5.74, 6) is 0.903. The quantitative estimate of drug-likeness (QED) is 0.689. The smallest absolute Gasteiger partial charge is 0.231 e. The lowest BCUT2D eigenvalue weighted by molar-refractivity contribution is -0.119. The number of benzene rings is 1. The highest BCUT2D eigenvalue weighted by Crippen LogP contribution is 2.14. The van der Waals surface area contributed by atoms with Crippen LogP contribution in [0.4, 0.5) is 5.69 Å². The van der Waals surface area contributed by atoms with Crippen LogP contribution in [-0.2, 0) is 4.79 Å². The average Bonchev–Trinajstić information content (AvgIpc) is 2.27. The highest BCUT2D eigenvalue weighted by molar-refractivity contribution is 5.75. The van der Waals surface area contributed by atoms with Crippen LogP contribution in [0.25, 0.3) is 0 Å². The van der Waals surface area contributed by atoms with Gasteiger partial charge in [0.1, 0.15) is 12.4 Å². The largest absolute Gasteiger partial charge is 0.492 e. The number of hydrogen-bond acceptors (Lipinski definition) is 4. The Hall–Kier alpha value is -1.75. The second kappa shape index (κ2) is 7.63. The normalized spacial score (nSPS) is 10.9. The molecule has 0 aliphatic carbocycles. The van der Waals surface area contributed by atoms with Crippen molar-refractivity contribution in [3.8, 4) is 5.75 Å². The fraction of sp³-hybridized carbons (Fsp3) is 0.500. The van der Waals surface area contributed by atoms with Crippen molar-refractivity contribution in [2.45, 2.75) is 13.8 Å². The van der Waals surface area contributed by atoms with Crippen LogP contribution in [0.15, 0.2) is 24.3 Å². The van der Waals surface area contributed by atoms with Crippen molar-refractivity contribution >= 4 is 11.6 Å². The molecule has 0 heterocycles. The first-order valence-corrected chi connectivity index (χ1v) is 6.46. The van der Waals surface area contributed by atoms with Gasteiger partial charge in [-0.25, -0.2) is 0 Å². The Morgan fingerprint density at radius 1 is 1.42 bits per heavy atom. The van der Waals surface area contributed by atoms with Crippen LogP contribution >= 0.6 is 0 Å². The Bertz CT molecular complexity index is 407. The third-order valence-electron chi connectivity index (χ3n) is 2.54. The summed E-state index contributed by atoms with van der Waals surface area (Å²) < 4.78 is 5.61. The van der Waals surface area contributed by atoms with Gasteiger partial charge < -0.3 is 16.2 Å². The number of carbonyl (C=O) groups excluding carboxylic acids is 1. The molecule has 1 aromatic rings. The van der Waals surface area contributed by atoms with E-state index in [1.54, 1.807) is 6.07 Å². The molecule has 0 unspecified atom stereocenters. The Labute approximate surface area is 114 Å². The zero-order valence-electron chi connectivity index (χ0n) is 11.6. The minimum absolute atomic E-state index is 0.262. The summed E-state index contributed by atoms with van der Waals surface area (Å²) in [6.45, 7) is 6.46. The molecule has 1 rings (SSSR count). The Kier molecular flexibility index (Phi) is 6.15. The highest BCUT2D eigenvalue weighted by atomic mass is 16.5. The van der Waals surface area contributed by atoms with Crippen molar-refractivity contribution < 1.29 is 9.53 Å². The van der Waals surface area contributed by atoms with E-state index in [1.807, 2.05) is 23.1 Å². The molecule has 0 aromatic heterocycles. The van der Waals surface area contributed by atoms with Gasteiger partial charge in [-0.05, 0) is 18.1 Å². The fourth-order valence-corrected chi connectivity index (χ4v) is 1.87. The summed E-state index contributed by atoms with van der Waals surface area (Å²) in [7, 11) is 0. The van der Waals surface area contributed by atoms with E-state index in [9.17, 15) is 4.79 Å². The van der Waals surface area contributed by atoms with Crippen molar-refractivity contribution in [1.29, 1.82) is 0 Å². The maximum absolute atomic E-state index is 11.0. The van der Waals surface area contributed by atoms with E-state index in [0.717, 1.165) is 12.3 Å². The van der Waals surface area contributed by atoms with E-state index in [4.69, 9.17) is 16.2 Å². The number of ether oxygens (including phenoxy) is 1. The summed E-state index contributed by atoms with van der Waals surface area (Å²) in [5.41, 5.74) is 11.6. The van der Waals surface area contributed by atoms with Gasteiger partial charge in [0.25, 0.3) is 0 Å². The molecule has 0 saturated heterocycles. The van der Waals surface area contributed by atoms with E-state index in [2.05, 4.69) is 13.8 Å². The van der Waals surface area contributed by atoms with Gasteiger partial charge in [0.05, 0.1) is 6.54 Å². The second-order valence-electron chi connectivity index (χ2n) is 5.02. The second-order valence-corrected chi connectivity index (χ2v) is 5.02. The molecule has 0 atom stereocenters. The Morgan fingerprint density at radius 3 is 2.74 bits per heavy atom. The molecule has 19 heavy (non-hydrogen) atoms. The summed E-state index contributed by atoms with van der Waals surface area (Å²) in [6.07, 6.45) is 0. The number of rotatable bonds is 8. The molecule has 0 spiro atoms. The summed E-state index contributed by atoms with van der Waals surface area (Å²) in [5, 5.41) is 0. The molecule has 0 aliphatic rings. The predicted octanol–water partition coefficient (Wildman–Crippen LogP) is 1.09. The number of nitrogen functional groups attached to an aromatic ring is 1. The van der Waals surface area contributed by atoms with Crippen LogP contribution in [0.5, 0.6) is 5.75 Å². The van der Waals surface area contributed by atoms with Gasteiger partial charge in [-0.2, -0.15) is 0 Å². The van der Waals surface area contributed by atoms with Gasteiger partial charge in [0.15, 0.2) is 0 Å². The Balaban J connectivity index is 2.40. The predicted molar refractivity (Wildman–Crippen MR) is 76.8 cm³/mol. The van der Waals surface area contributed by atoms with Crippen LogP contribution in [0.2, 0.25) is 0 Å². The molecule has 0 aliphatic heterocycles. The van der Waals surface area contributed by atoms with Crippen LogP contribution < -0.4 is 16.2 Å². The maximum atomic E-state index is 11.0. The number of amides is 1. The lowest BCUT2D eigenvalue weighted by Crippen LogP contribution is -2.38. The molecule has 0 saturated carbocycles. The van der Waals surface area contributed by atoms with E-state index >= 15 is 0 Å². The van der Waals surface area contributed by atoms with Crippen LogP contribution in [-0.4, -0.2) is 37.0 Å². The fourth-order valence-electron chi connectivity index (χ4n) is 1.87. The summed E-state index contributed by atoms with van der Waals surface area (Å²) in [6, 6.07) is 7.29. The molecule has 0 fully saturated rings. The van der Waals surface area contributed by atoms with Crippen molar-refractivity contribution in [2.75, 3.05) is 32.0 Å². The van der Waals surface area contributed by atoms with Crippen molar-refractivity contribution in [3.05, 3.63) is 24.3 Å². The van der Waals surface area contributed by atoms with E-state index in [0.29, 0.717) is 24.8 Å². The van der Waals surface area contributed by atoms with Crippen LogP contribution in [0.3, 0.4) is 0 Å². The lowest BCUT2D eigenvalue weighted by atomic mass is 10.2. The molecular weight excluding hydrogens is 242 g/mol. The first kappa shape index (κ1) is 15.3. The molecule has 5 nitrogen and oxygen atoms in total. The molecule has 4 N–H and O–H groups in total. The number of hydrogen-bond donors (Lipinski definition) is 2. The minimum atomic E-state index is -0.315. The van der Waals surface area contributed by atoms with Gasteiger partial charge >= 0.3 is 0 Å². The standard InChI is InChI=1S/C14H23N3O2/c1-11(2)9-17(10-14(16)18)6-7-19-13-5-3-4-12(15)8-13/h3-5,8,11H,6-7,9-10,15H2,1-2H3,(H2,16,18). The molecule has 106 valence electrons. The third kappa shape index (κ3) is 6.67. The van der Waals surface area contributed by atoms with Gasteiger partial charge in [-0.3, -0.25) is 9.69 Å². The van der Waals surface area contributed by atoms with E-state index < -0.39 is 0 Å². The SMILES string of the molecule is CC(C)CN(CCOc1cccc(N)c1)CC(N)=O. The van der Waals surface area contributed by atoms with Crippen LogP contribution in [0, 0.1) is 5.92 Å². The number of nitrogens with zero attached hydrogens (tertiary/aromatic N) is 1. The Morgan fingerprint density at radius 2 is 2.16 bits per heavy atom. The lowest BCUT2D eigenvalue weighted by Gasteiger charge is -2.22. The third-order valence-corrected chi connectivity index (χ3v) is 2.54. The van der Waals surface area contributed by atoms with Gasteiger partial charge in [-0.1, -0.05) is 19.9 Å². The zero-order chi connectivity index (χ0) is 14.3.